The summed E-state index contributed by atoms with van der Waals surface area (Å²) in [7, 11) is 0. The van der Waals surface area contributed by atoms with Crippen LogP contribution in [0.25, 0.3) is 0 Å². The molecule has 2 nitrogen and oxygen atoms in total. The average molecular weight is 353 g/mol. The molecule has 0 unspecified atom stereocenters. The predicted octanol–water partition coefficient (Wildman–Crippen LogP) is 4.73. The number of carbonyl (C=O) groups excluding carboxylic acids is 1. The van der Waals surface area contributed by atoms with Gasteiger partial charge in [-0.05, 0) is 42.3 Å². The molecule has 0 spiro atoms. The molecule has 104 valence electrons. The van der Waals surface area contributed by atoms with Crippen LogP contribution in [-0.4, -0.2) is 5.91 Å². The Balaban J connectivity index is 2.04. The van der Waals surface area contributed by atoms with E-state index in [1.54, 1.807) is 0 Å². The van der Waals surface area contributed by atoms with E-state index in [1.165, 1.54) is 0 Å². The first-order valence-electron chi connectivity index (χ1n) is 6.31. The molecule has 0 fully saturated rings. The molecule has 1 N–H and O–H groups in total. The van der Waals surface area contributed by atoms with E-state index in [2.05, 4.69) is 21.2 Å². The van der Waals surface area contributed by atoms with Crippen molar-refractivity contribution < 1.29 is 4.79 Å². The van der Waals surface area contributed by atoms with Crippen molar-refractivity contribution in [3.63, 3.8) is 0 Å². The molecule has 2 aromatic rings. The first-order chi connectivity index (χ1) is 9.60. The van der Waals surface area contributed by atoms with E-state index >= 15 is 0 Å². The third kappa shape index (κ3) is 3.84. The van der Waals surface area contributed by atoms with Crippen molar-refractivity contribution in [3.8, 4) is 0 Å². The second kappa shape index (κ2) is 6.91. The Morgan fingerprint density at radius 2 is 1.75 bits per heavy atom. The molecule has 20 heavy (non-hydrogen) atoms. The Hall–Kier alpha value is -1.32. The van der Waals surface area contributed by atoms with Crippen LogP contribution in [0.15, 0.2) is 48.5 Å². The highest BCUT2D eigenvalue weighted by molar-refractivity contribution is 9.08. The van der Waals surface area contributed by atoms with Gasteiger partial charge in [0.1, 0.15) is 0 Å². The second-order valence-electron chi connectivity index (χ2n) is 4.58. The van der Waals surface area contributed by atoms with Gasteiger partial charge in [-0.1, -0.05) is 51.8 Å². The summed E-state index contributed by atoms with van der Waals surface area (Å²) in [5, 5.41) is 4.46. The second-order valence-corrected chi connectivity index (χ2v) is 5.57. The zero-order chi connectivity index (χ0) is 14.5. The molecular weight excluding hydrogens is 338 g/mol. The van der Waals surface area contributed by atoms with Crippen LogP contribution in [0.4, 0.5) is 0 Å². The van der Waals surface area contributed by atoms with Crippen LogP contribution >= 0.6 is 27.5 Å². The third-order valence-electron chi connectivity index (χ3n) is 3.09. The summed E-state index contributed by atoms with van der Waals surface area (Å²) in [6.45, 7) is 1.95. The fourth-order valence-corrected chi connectivity index (χ4v) is 2.36. The van der Waals surface area contributed by atoms with Gasteiger partial charge in [-0.25, -0.2) is 0 Å². The van der Waals surface area contributed by atoms with Crippen LogP contribution in [0.5, 0.6) is 0 Å². The molecule has 1 atom stereocenters. The Morgan fingerprint density at radius 3 is 2.30 bits per heavy atom. The molecule has 4 heteroatoms. The number of hydrogen-bond acceptors (Lipinski definition) is 1. The lowest BCUT2D eigenvalue weighted by Gasteiger charge is -2.14. The van der Waals surface area contributed by atoms with E-state index in [4.69, 9.17) is 11.6 Å². The summed E-state index contributed by atoms with van der Waals surface area (Å²) in [6.07, 6.45) is 0. The summed E-state index contributed by atoms with van der Waals surface area (Å²) < 4.78 is 0. The van der Waals surface area contributed by atoms with Crippen molar-refractivity contribution in [2.45, 2.75) is 18.3 Å². The Labute approximate surface area is 132 Å². The van der Waals surface area contributed by atoms with Gasteiger partial charge in [0.15, 0.2) is 0 Å². The molecule has 2 rings (SSSR count). The van der Waals surface area contributed by atoms with Gasteiger partial charge in [0.05, 0.1) is 6.04 Å². The molecule has 0 saturated heterocycles. The highest BCUT2D eigenvalue weighted by atomic mass is 79.9. The predicted molar refractivity (Wildman–Crippen MR) is 86.4 cm³/mol. The minimum atomic E-state index is -0.0754. The molecule has 0 aliphatic rings. The van der Waals surface area contributed by atoms with Gasteiger partial charge in [-0.15, -0.1) is 0 Å². The molecule has 0 heterocycles. The van der Waals surface area contributed by atoms with E-state index < -0.39 is 0 Å². The molecular formula is C16H15BrClNO. The largest absolute Gasteiger partial charge is 0.346 e. The van der Waals surface area contributed by atoms with Gasteiger partial charge in [-0.2, -0.15) is 0 Å². The maximum Gasteiger partial charge on any atom is 0.251 e. The number of carbonyl (C=O) groups is 1. The first-order valence-corrected chi connectivity index (χ1v) is 7.81. The van der Waals surface area contributed by atoms with Crippen molar-refractivity contribution in [1.82, 2.24) is 5.32 Å². The van der Waals surface area contributed by atoms with E-state index in [0.29, 0.717) is 10.6 Å². The van der Waals surface area contributed by atoms with Gasteiger partial charge in [0.2, 0.25) is 0 Å². The maximum atomic E-state index is 12.1. The summed E-state index contributed by atoms with van der Waals surface area (Å²) in [5.74, 6) is -0.0754. The van der Waals surface area contributed by atoms with Crippen molar-refractivity contribution >= 4 is 33.4 Å². The van der Waals surface area contributed by atoms with Crippen LogP contribution in [-0.2, 0) is 5.33 Å². The Bertz CT molecular complexity index is 580. The van der Waals surface area contributed by atoms with Crippen LogP contribution in [0.3, 0.4) is 0 Å². The molecule has 0 saturated carbocycles. The average Bonchev–Trinajstić information content (AvgIpc) is 2.48. The minimum Gasteiger partial charge on any atom is -0.346 e. The van der Waals surface area contributed by atoms with Crippen LogP contribution in [0, 0.1) is 0 Å². The summed E-state index contributed by atoms with van der Waals surface area (Å²) in [4.78, 5) is 12.1. The van der Waals surface area contributed by atoms with Crippen molar-refractivity contribution in [2.24, 2.45) is 0 Å². The summed E-state index contributed by atoms with van der Waals surface area (Å²) in [5.41, 5.74) is 2.84. The number of hydrogen-bond donors (Lipinski definition) is 1. The zero-order valence-corrected chi connectivity index (χ0v) is 13.4. The number of halogens is 2. The van der Waals surface area contributed by atoms with Crippen LogP contribution < -0.4 is 5.32 Å². The molecule has 0 aliphatic carbocycles. The van der Waals surface area contributed by atoms with E-state index in [0.717, 1.165) is 16.5 Å². The van der Waals surface area contributed by atoms with E-state index in [1.807, 2.05) is 55.5 Å². The van der Waals surface area contributed by atoms with Crippen molar-refractivity contribution in [1.29, 1.82) is 0 Å². The van der Waals surface area contributed by atoms with Gasteiger partial charge in [0.25, 0.3) is 5.91 Å². The molecule has 2 aromatic carbocycles. The van der Waals surface area contributed by atoms with Gasteiger partial charge in [0, 0.05) is 15.9 Å². The van der Waals surface area contributed by atoms with Gasteiger partial charge < -0.3 is 5.32 Å². The van der Waals surface area contributed by atoms with E-state index in [9.17, 15) is 4.79 Å². The first kappa shape index (κ1) is 15.1. The summed E-state index contributed by atoms with van der Waals surface area (Å²) >= 11 is 9.24. The third-order valence-corrected chi connectivity index (χ3v) is 3.99. The van der Waals surface area contributed by atoms with Gasteiger partial charge in [-0.3, -0.25) is 4.79 Å². The lowest BCUT2D eigenvalue weighted by Crippen LogP contribution is -2.26. The topological polar surface area (TPSA) is 29.1 Å². The SMILES string of the molecule is C[C@H](NC(=O)c1ccc(CBr)cc1)c1ccc(Cl)cc1. The minimum absolute atomic E-state index is 0.0596. The Kier molecular flexibility index (Phi) is 5.21. The molecule has 1 amide bonds. The zero-order valence-electron chi connectivity index (χ0n) is 11.1. The smallest absolute Gasteiger partial charge is 0.251 e. The van der Waals surface area contributed by atoms with Crippen LogP contribution in [0.2, 0.25) is 5.02 Å². The number of rotatable bonds is 4. The standard InChI is InChI=1S/C16H15BrClNO/c1-11(13-6-8-15(18)9-7-13)19-16(20)14-4-2-12(10-17)3-5-14/h2-9,11H,10H2,1H3,(H,19,20)/t11-/m0/s1. The van der Waals surface area contributed by atoms with Crippen molar-refractivity contribution in [2.75, 3.05) is 0 Å². The number of benzene rings is 2. The highest BCUT2D eigenvalue weighted by Crippen LogP contribution is 2.17. The fourth-order valence-electron chi connectivity index (χ4n) is 1.86. The highest BCUT2D eigenvalue weighted by Gasteiger charge is 2.11. The van der Waals surface area contributed by atoms with Crippen LogP contribution in [0.1, 0.15) is 34.5 Å². The maximum absolute atomic E-state index is 12.1. The lowest BCUT2D eigenvalue weighted by molar-refractivity contribution is 0.0940. The van der Waals surface area contributed by atoms with E-state index in [-0.39, 0.29) is 11.9 Å². The number of alkyl halides is 1. The Morgan fingerprint density at radius 1 is 1.15 bits per heavy atom. The molecule has 0 aliphatic heterocycles. The van der Waals surface area contributed by atoms with Crippen molar-refractivity contribution in [3.05, 3.63) is 70.2 Å². The number of nitrogens with one attached hydrogen (secondary N) is 1. The van der Waals surface area contributed by atoms with Gasteiger partial charge >= 0.3 is 0 Å². The lowest BCUT2D eigenvalue weighted by atomic mass is 10.1. The summed E-state index contributed by atoms with van der Waals surface area (Å²) in [6, 6.07) is 15.0. The fraction of sp³-hybridized carbons (Fsp3) is 0.188. The molecule has 0 aromatic heterocycles. The number of amides is 1. The quantitative estimate of drug-likeness (QED) is 0.792. The monoisotopic (exact) mass is 351 g/mol. The normalized spacial score (nSPS) is 11.9. The molecule has 0 bridgehead atoms. The molecule has 0 radical (unpaired) electrons.